The summed E-state index contributed by atoms with van der Waals surface area (Å²) in [6, 6.07) is 9.19. The fourth-order valence-electron chi connectivity index (χ4n) is 2.10. The lowest BCUT2D eigenvalue weighted by Gasteiger charge is -2.25. The van der Waals surface area contributed by atoms with E-state index >= 15 is 0 Å². The van der Waals surface area contributed by atoms with E-state index in [1.807, 2.05) is 23.3 Å². The number of thioether (sulfide) groups is 1. The van der Waals surface area contributed by atoms with Crippen molar-refractivity contribution in [3.63, 3.8) is 0 Å². The summed E-state index contributed by atoms with van der Waals surface area (Å²) in [5, 5.41) is 6.81. The molecule has 1 aliphatic heterocycles. The molecule has 1 aliphatic rings. The molecule has 2 heterocycles. The number of aromatic nitrogens is 1. The van der Waals surface area contributed by atoms with Crippen LogP contribution in [-0.2, 0) is 6.54 Å². The van der Waals surface area contributed by atoms with E-state index in [1.165, 1.54) is 27.6 Å². The summed E-state index contributed by atoms with van der Waals surface area (Å²) < 4.78 is 0. The highest BCUT2D eigenvalue weighted by atomic mass is 32.2. The van der Waals surface area contributed by atoms with Crippen LogP contribution in [0.3, 0.4) is 0 Å². The Morgan fingerprint density at radius 3 is 3.18 bits per heavy atom. The monoisotopic (exact) mass is 262 g/mol. The van der Waals surface area contributed by atoms with Crippen molar-refractivity contribution in [2.45, 2.75) is 23.9 Å². The fourth-order valence-corrected chi connectivity index (χ4v) is 3.80. The lowest BCUT2D eigenvalue weighted by atomic mass is 10.0. The lowest BCUT2D eigenvalue weighted by Crippen LogP contribution is -2.24. The summed E-state index contributed by atoms with van der Waals surface area (Å²) >= 11 is 3.68. The number of fused-ring (bicyclic) bond motifs is 1. The van der Waals surface area contributed by atoms with Crippen LogP contribution in [0.1, 0.15) is 23.0 Å². The summed E-state index contributed by atoms with van der Waals surface area (Å²) in [4.78, 5) is 5.73. The van der Waals surface area contributed by atoms with E-state index in [1.54, 1.807) is 11.3 Å². The molecule has 88 valence electrons. The highest BCUT2D eigenvalue weighted by Crippen LogP contribution is 2.35. The van der Waals surface area contributed by atoms with Crippen molar-refractivity contribution in [3.05, 3.63) is 46.4 Å². The highest BCUT2D eigenvalue weighted by molar-refractivity contribution is 7.99. The van der Waals surface area contributed by atoms with Crippen LogP contribution in [0.25, 0.3) is 0 Å². The van der Waals surface area contributed by atoms with Crippen LogP contribution < -0.4 is 5.32 Å². The van der Waals surface area contributed by atoms with Gasteiger partial charge in [-0.15, -0.1) is 23.1 Å². The third kappa shape index (κ3) is 2.54. The SMILES string of the molecule is c1ccc2c(c1)SCCC2NCc1nccs1. The Morgan fingerprint density at radius 1 is 1.35 bits per heavy atom. The van der Waals surface area contributed by atoms with Crippen molar-refractivity contribution in [3.8, 4) is 0 Å². The van der Waals surface area contributed by atoms with Gasteiger partial charge in [-0.2, -0.15) is 0 Å². The molecular formula is C13H14N2S2. The predicted octanol–water partition coefficient (Wildman–Crippen LogP) is 3.47. The standard InChI is InChI=1S/C13H14N2S2/c1-2-4-12-10(3-1)11(5-7-16-12)15-9-13-14-6-8-17-13/h1-4,6,8,11,15H,5,7,9H2. The Balaban J connectivity index is 1.72. The van der Waals surface area contributed by atoms with Gasteiger partial charge in [0.15, 0.2) is 0 Å². The van der Waals surface area contributed by atoms with Gasteiger partial charge >= 0.3 is 0 Å². The maximum Gasteiger partial charge on any atom is 0.106 e. The molecule has 0 radical (unpaired) electrons. The van der Waals surface area contributed by atoms with Gasteiger partial charge in [0, 0.05) is 29.1 Å². The van der Waals surface area contributed by atoms with E-state index in [0.717, 1.165) is 6.54 Å². The quantitative estimate of drug-likeness (QED) is 0.917. The molecule has 0 saturated carbocycles. The Hall–Kier alpha value is -0.840. The molecular weight excluding hydrogens is 248 g/mol. The average Bonchev–Trinajstić information content (AvgIpc) is 2.89. The topological polar surface area (TPSA) is 24.9 Å². The van der Waals surface area contributed by atoms with Crippen LogP contribution in [0.4, 0.5) is 0 Å². The number of nitrogens with one attached hydrogen (secondary N) is 1. The molecule has 0 fully saturated rings. The van der Waals surface area contributed by atoms with Crippen molar-refractivity contribution in [1.29, 1.82) is 0 Å². The van der Waals surface area contributed by atoms with Crippen LogP contribution in [0, 0.1) is 0 Å². The van der Waals surface area contributed by atoms with Crippen molar-refractivity contribution < 1.29 is 0 Å². The smallest absolute Gasteiger partial charge is 0.106 e. The number of hydrogen-bond donors (Lipinski definition) is 1. The van der Waals surface area contributed by atoms with Crippen LogP contribution >= 0.6 is 23.1 Å². The highest BCUT2D eigenvalue weighted by Gasteiger charge is 2.19. The number of benzene rings is 1. The first-order valence-electron chi connectivity index (χ1n) is 5.77. The maximum atomic E-state index is 4.31. The summed E-state index contributed by atoms with van der Waals surface area (Å²) in [7, 11) is 0. The third-order valence-electron chi connectivity index (χ3n) is 2.94. The van der Waals surface area contributed by atoms with E-state index in [9.17, 15) is 0 Å². The zero-order valence-electron chi connectivity index (χ0n) is 9.43. The Kier molecular flexibility index (Phi) is 3.45. The van der Waals surface area contributed by atoms with Gasteiger partial charge in [-0.05, 0) is 23.8 Å². The van der Waals surface area contributed by atoms with Crippen LogP contribution in [0.5, 0.6) is 0 Å². The van der Waals surface area contributed by atoms with Gasteiger partial charge < -0.3 is 5.32 Å². The number of nitrogens with zero attached hydrogens (tertiary/aromatic N) is 1. The molecule has 1 aromatic carbocycles. The Bertz CT molecular complexity index is 482. The molecule has 0 amide bonds. The van der Waals surface area contributed by atoms with Crippen molar-refractivity contribution in [2.24, 2.45) is 0 Å². The second-order valence-corrected chi connectivity index (χ2v) is 6.15. The molecule has 0 spiro atoms. The minimum atomic E-state index is 0.483. The van der Waals surface area contributed by atoms with Gasteiger partial charge in [0.05, 0.1) is 0 Å². The molecule has 1 N–H and O–H groups in total. The van der Waals surface area contributed by atoms with E-state index in [-0.39, 0.29) is 0 Å². The number of thiazole rings is 1. The maximum absolute atomic E-state index is 4.31. The molecule has 0 bridgehead atoms. The molecule has 1 atom stereocenters. The average molecular weight is 262 g/mol. The zero-order valence-corrected chi connectivity index (χ0v) is 11.1. The van der Waals surface area contributed by atoms with E-state index < -0.39 is 0 Å². The summed E-state index contributed by atoms with van der Waals surface area (Å²) in [5.41, 5.74) is 1.44. The van der Waals surface area contributed by atoms with E-state index in [0.29, 0.717) is 6.04 Å². The van der Waals surface area contributed by atoms with Gasteiger partial charge in [-0.3, -0.25) is 0 Å². The van der Waals surface area contributed by atoms with Gasteiger partial charge in [0.1, 0.15) is 5.01 Å². The van der Waals surface area contributed by atoms with Gasteiger partial charge in [0.2, 0.25) is 0 Å². The molecule has 17 heavy (non-hydrogen) atoms. The molecule has 0 aliphatic carbocycles. The van der Waals surface area contributed by atoms with Crippen molar-refractivity contribution in [1.82, 2.24) is 10.3 Å². The molecule has 0 saturated heterocycles. The summed E-state index contributed by atoms with van der Waals surface area (Å²) in [6.07, 6.45) is 3.07. The molecule has 4 heteroatoms. The van der Waals surface area contributed by atoms with Gasteiger partial charge in [0.25, 0.3) is 0 Å². The van der Waals surface area contributed by atoms with Crippen LogP contribution in [0.2, 0.25) is 0 Å². The minimum absolute atomic E-state index is 0.483. The predicted molar refractivity (Wildman–Crippen MR) is 73.5 cm³/mol. The van der Waals surface area contributed by atoms with Crippen molar-refractivity contribution in [2.75, 3.05) is 5.75 Å². The fraction of sp³-hybridized carbons (Fsp3) is 0.308. The summed E-state index contributed by atoms with van der Waals surface area (Å²) in [6.45, 7) is 0.876. The Labute approximate surface area is 109 Å². The Morgan fingerprint density at radius 2 is 2.29 bits per heavy atom. The van der Waals surface area contributed by atoms with Crippen molar-refractivity contribution >= 4 is 23.1 Å². The van der Waals surface area contributed by atoms with E-state index in [2.05, 4.69) is 34.6 Å². The molecule has 3 rings (SSSR count). The first-order valence-corrected chi connectivity index (χ1v) is 7.63. The molecule has 2 nitrogen and oxygen atoms in total. The minimum Gasteiger partial charge on any atom is -0.303 e. The van der Waals surface area contributed by atoms with Crippen LogP contribution in [-0.4, -0.2) is 10.7 Å². The second kappa shape index (κ2) is 5.21. The van der Waals surface area contributed by atoms with E-state index in [4.69, 9.17) is 0 Å². The molecule has 1 unspecified atom stereocenters. The van der Waals surface area contributed by atoms with Gasteiger partial charge in [-0.25, -0.2) is 4.98 Å². The molecule has 1 aromatic heterocycles. The largest absolute Gasteiger partial charge is 0.303 e. The second-order valence-electron chi connectivity index (χ2n) is 4.03. The first kappa shape index (κ1) is 11.3. The van der Waals surface area contributed by atoms with Gasteiger partial charge in [-0.1, -0.05) is 18.2 Å². The normalized spacial score (nSPS) is 18.9. The third-order valence-corrected chi connectivity index (χ3v) is 4.84. The lowest BCUT2D eigenvalue weighted by molar-refractivity contribution is 0.509. The number of rotatable bonds is 3. The molecule has 2 aromatic rings. The van der Waals surface area contributed by atoms with Crippen LogP contribution in [0.15, 0.2) is 40.7 Å². The first-order chi connectivity index (χ1) is 8.43. The zero-order chi connectivity index (χ0) is 11.5. The number of hydrogen-bond acceptors (Lipinski definition) is 4. The summed E-state index contributed by atoms with van der Waals surface area (Å²) in [5.74, 6) is 1.20.